The zero-order chi connectivity index (χ0) is 18.4. The quantitative estimate of drug-likeness (QED) is 0.684. The Bertz CT molecular complexity index is 1030. The monoisotopic (exact) mass is 380 g/mol. The lowest BCUT2D eigenvalue weighted by atomic mass is 10.0. The first kappa shape index (κ1) is 16.6. The fraction of sp³-hybridized carbons (Fsp3) is 0.350. The standard InChI is InChI=1S/C20H20N4O2S/c1-13(25)24-7-5-14-15(3-2-4-17(14)24)19-21-16-6-12-27-18(16)20(22-19)23-8-10-26-11-9-23/h2-4,6,12H,5,7-11H2,1H3. The first-order valence-electron chi connectivity index (χ1n) is 9.20. The molecular weight excluding hydrogens is 360 g/mol. The number of morpholine rings is 1. The van der Waals surface area contributed by atoms with E-state index in [0.717, 1.165) is 77.9 Å². The minimum atomic E-state index is 0.0779. The van der Waals surface area contributed by atoms with E-state index in [-0.39, 0.29) is 5.91 Å². The highest BCUT2D eigenvalue weighted by Crippen LogP contribution is 2.37. The van der Waals surface area contributed by atoms with Crippen molar-refractivity contribution in [1.82, 2.24) is 9.97 Å². The lowest BCUT2D eigenvalue weighted by molar-refractivity contribution is -0.116. The molecule has 5 rings (SSSR count). The zero-order valence-electron chi connectivity index (χ0n) is 15.1. The average molecular weight is 380 g/mol. The van der Waals surface area contributed by atoms with Gasteiger partial charge in [-0.1, -0.05) is 12.1 Å². The third kappa shape index (κ3) is 2.78. The number of hydrogen-bond donors (Lipinski definition) is 0. The number of fused-ring (bicyclic) bond motifs is 2. The number of rotatable bonds is 2. The lowest BCUT2D eigenvalue weighted by Gasteiger charge is -2.28. The summed E-state index contributed by atoms with van der Waals surface area (Å²) in [6, 6.07) is 8.13. The molecule has 1 saturated heterocycles. The summed E-state index contributed by atoms with van der Waals surface area (Å²) in [5.41, 5.74) is 4.15. The molecule has 1 aromatic carbocycles. The fourth-order valence-corrected chi connectivity index (χ4v) is 4.78. The van der Waals surface area contributed by atoms with E-state index >= 15 is 0 Å². The number of aromatic nitrogens is 2. The molecule has 0 unspecified atom stereocenters. The summed E-state index contributed by atoms with van der Waals surface area (Å²) in [5, 5.41) is 2.07. The van der Waals surface area contributed by atoms with Crippen molar-refractivity contribution in [2.75, 3.05) is 42.6 Å². The van der Waals surface area contributed by atoms with E-state index in [0.29, 0.717) is 0 Å². The Morgan fingerprint density at radius 3 is 2.81 bits per heavy atom. The Kier molecular flexibility index (Phi) is 4.06. The van der Waals surface area contributed by atoms with E-state index in [1.807, 2.05) is 17.0 Å². The molecule has 0 bridgehead atoms. The average Bonchev–Trinajstić information content (AvgIpc) is 3.34. The van der Waals surface area contributed by atoms with Gasteiger partial charge in [0.15, 0.2) is 11.6 Å². The molecule has 0 saturated carbocycles. The van der Waals surface area contributed by atoms with Crippen LogP contribution in [0.1, 0.15) is 12.5 Å². The first-order valence-corrected chi connectivity index (χ1v) is 10.1. The lowest BCUT2D eigenvalue weighted by Crippen LogP contribution is -2.36. The van der Waals surface area contributed by atoms with Gasteiger partial charge in [-0.05, 0) is 29.5 Å². The molecule has 138 valence electrons. The maximum Gasteiger partial charge on any atom is 0.223 e. The highest BCUT2D eigenvalue weighted by atomic mass is 32.1. The van der Waals surface area contributed by atoms with Crippen LogP contribution in [0.3, 0.4) is 0 Å². The van der Waals surface area contributed by atoms with E-state index < -0.39 is 0 Å². The predicted molar refractivity (Wildman–Crippen MR) is 108 cm³/mol. The van der Waals surface area contributed by atoms with Crippen molar-refractivity contribution >= 4 is 39.0 Å². The molecule has 1 amide bonds. The van der Waals surface area contributed by atoms with Crippen molar-refractivity contribution in [2.45, 2.75) is 13.3 Å². The molecule has 7 heteroatoms. The number of nitrogens with zero attached hydrogens (tertiary/aromatic N) is 4. The maximum absolute atomic E-state index is 11.9. The number of anilines is 2. The molecule has 6 nitrogen and oxygen atoms in total. The summed E-state index contributed by atoms with van der Waals surface area (Å²) >= 11 is 1.68. The summed E-state index contributed by atoms with van der Waals surface area (Å²) in [6.07, 6.45) is 0.836. The highest BCUT2D eigenvalue weighted by Gasteiger charge is 2.26. The van der Waals surface area contributed by atoms with Gasteiger partial charge in [-0.2, -0.15) is 0 Å². The van der Waals surface area contributed by atoms with E-state index in [9.17, 15) is 4.79 Å². The second kappa shape index (κ2) is 6.58. The molecule has 4 heterocycles. The number of thiophene rings is 1. The molecule has 0 N–H and O–H groups in total. The summed E-state index contributed by atoms with van der Waals surface area (Å²) in [5.74, 6) is 1.81. The van der Waals surface area contributed by atoms with Crippen molar-refractivity contribution in [3.05, 3.63) is 35.2 Å². The number of carbonyl (C=O) groups excluding carboxylic acids is 1. The molecule has 0 spiro atoms. The zero-order valence-corrected chi connectivity index (χ0v) is 16.0. The largest absolute Gasteiger partial charge is 0.378 e. The number of carbonyl (C=O) groups is 1. The second-order valence-corrected chi connectivity index (χ2v) is 7.75. The van der Waals surface area contributed by atoms with Crippen LogP contribution in [0.25, 0.3) is 21.6 Å². The molecule has 3 aromatic rings. The van der Waals surface area contributed by atoms with Gasteiger partial charge >= 0.3 is 0 Å². The topological polar surface area (TPSA) is 58.6 Å². The highest BCUT2D eigenvalue weighted by molar-refractivity contribution is 7.17. The van der Waals surface area contributed by atoms with Crippen LogP contribution in [0.15, 0.2) is 29.6 Å². The predicted octanol–water partition coefficient (Wildman–Crippen LogP) is 3.10. The van der Waals surface area contributed by atoms with Crippen molar-refractivity contribution in [2.24, 2.45) is 0 Å². The minimum absolute atomic E-state index is 0.0779. The van der Waals surface area contributed by atoms with Gasteiger partial charge in [0, 0.05) is 37.8 Å². The minimum Gasteiger partial charge on any atom is -0.378 e. The summed E-state index contributed by atoms with van der Waals surface area (Å²) in [6.45, 7) is 5.47. The van der Waals surface area contributed by atoms with Crippen LogP contribution < -0.4 is 9.80 Å². The number of ether oxygens (including phenoxy) is 1. The van der Waals surface area contributed by atoms with E-state index in [4.69, 9.17) is 14.7 Å². The maximum atomic E-state index is 11.9. The van der Waals surface area contributed by atoms with Crippen LogP contribution >= 0.6 is 11.3 Å². The molecular formula is C20H20N4O2S. The van der Waals surface area contributed by atoms with Crippen molar-refractivity contribution < 1.29 is 9.53 Å². The molecule has 0 atom stereocenters. The fourth-order valence-electron chi connectivity index (χ4n) is 3.93. The van der Waals surface area contributed by atoms with Crippen LogP contribution in [0.4, 0.5) is 11.5 Å². The van der Waals surface area contributed by atoms with Gasteiger partial charge in [0.1, 0.15) is 0 Å². The van der Waals surface area contributed by atoms with Crippen LogP contribution in [-0.4, -0.2) is 48.7 Å². The third-order valence-corrected chi connectivity index (χ3v) is 6.14. The van der Waals surface area contributed by atoms with Crippen LogP contribution in [0.2, 0.25) is 0 Å². The van der Waals surface area contributed by atoms with Crippen LogP contribution in [0, 0.1) is 0 Å². The van der Waals surface area contributed by atoms with Gasteiger partial charge in [-0.25, -0.2) is 9.97 Å². The second-order valence-electron chi connectivity index (χ2n) is 6.83. The Labute approximate surface area is 161 Å². The number of amides is 1. The SMILES string of the molecule is CC(=O)N1CCc2c(-c3nc(N4CCOCC4)c4sccc4n3)cccc21. The van der Waals surface area contributed by atoms with Crippen molar-refractivity contribution in [3.8, 4) is 11.4 Å². The van der Waals surface area contributed by atoms with Gasteiger partial charge in [-0.15, -0.1) is 11.3 Å². The summed E-state index contributed by atoms with van der Waals surface area (Å²) in [4.78, 5) is 25.9. The van der Waals surface area contributed by atoms with Gasteiger partial charge in [0.05, 0.1) is 23.4 Å². The van der Waals surface area contributed by atoms with E-state index in [1.54, 1.807) is 18.3 Å². The smallest absolute Gasteiger partial charge is 0.223 e. The number of hydrogen-bond acceptors (Lipinski definition) is 6. The Morgan fingerprint density at radius 2 is 2.00 bits per heavy atom. The van der Waals surface area contributed by atoms with E-state index in [2.05, 4.69) is 22.4 Å². The molecule has 2 aromatic heterocycles. The van der Waals surface area contributed by atoms with Gasteiger partial charge < -0.3 is 14.5 Å². The summed E-state index contributed by atoms with van der Waals surface area (Å²) < 4.78 is 6.63. The molecule has 0 aliphatic carbocycles. The molecule has 1 fully saturated rings. The summed E-state index contributed by atoms with van der Waals surface area (Å²) in [7, 11) is 0. The van der Waals surface area contributed by atoms with Gasteiger partial charge in [0.2, 0.25) is 5.91 Å². The van der Waals surface area contributed by atoms with Crippen molar-refractivity contribution in [3.63, 3.8) is 0 Å². The molecule has 2 aliphatic heterocycles. The third-order valence-electron chi connectivity index (χ3n) is 5.24. The Morgan fingerprint density at radius 1 is 1.15 bits per heavy atom. The van der Waals surface area contributed by atoms with Gasteiger partial charge in [-0.3, -0.25) is 4.79 Å². The van der Waals surface area contributed by atoms with E-state index in [1.165, 1.54) is 0 Å². The van der Waals surface area contributed by atoms with Crippen molar-refractivity contribution in [1.29, 1.82) is 0 Å². The van der Waals surface area contributed by atoms with Crippen LogP contribution in [0.5, 0.6) is 0 Å². The molecule has 27 heavy (non-hydrogen) atoms. The Balaban J connectivity index is 1.65. The van der Waals surface area contributed by atoms with Gasteiger partial charge in [0.25, 0.3) is 0 Å². The molecule has 0 radical (unpaired) electrons. The number of benzene rings is 1. The Hall–Kier alpha value is -2.51. The normalized spacial score (nSPS) is 16.8. The van der Waals surface area contributed by atoms with Crippen LogP contribution in [-0.2, 0) is 16.0 Å². The molecule has 2 aliphatic rings. The first-order chi connectivity index (χ1) is 13.2.